The molecule has 1 heterocycles. The number of phenolic OH excluding ortho intramolecular Hbond substituents is 1. The molecule has 1 aromatic rings. The van der Waals surface area contributed by atoms with Crippen LogP contribution in [0.25, 0.3) is 0 Å². The highest BCUT2D eigenvalue weighted by molar-refractivity contribution is 8.00. The number of hydrogen-bond acceptors (Lipinski definition) is 7. The average Bonchev–Trinajstić information content (AvgIpc) is 2.66. The Morgan fingerprint density at radius 2 is 1.83 bits per heavy atom. The average molecular weight is 480 g/mol. The van der Waals surface area contributed by atoms with Crippen molar-refractivity contribution in [2.45, 2.75) is 24.4 Å². The van der Waals surface area contributed by atoms with Gasteiger partial charge < -0.3 is 31.7 Å². The third-order valence-corrected chi connectivity index (χ3v) is 5.24. The Bertz CT molecular complexity index is 832. The Morgan fingerprint density at radius 3 is 2.33 bits per heavy atom. The van der Waals surface area contributed by atoms with Crippen LogP contribution in [0.5, 0.6) is 5.75 Å². The van der Waals surface area contributed by atoms with Gasteiger partial charge in [0.05, 0.1) is 0 Å². The highest BCUT2D eigenvalue weighted by atomic mass is 35.5. The van der Waals surface area contributed by atoms with Crippen molar-refractivity contribution in [3.63, 3.8) is 0 Å². The Kier molecular flexibility index (Phi) is 11.3. The molecule has 0 unspecified atom stereocenters. The summed E-state index contributed by atoms with van der Waals surface area (Å²) in [5, 5.41) is 32.4. The first-order valence-corrected chi connectivity index (χ1v) is 9.34. The third-order valence-electron chi connectivity index (χ3n) is 4.01. The summed E-state index contributed by atoms with van der Waals surface area (Å²) in [6, 6.07) is 3.09. The molecule has 166 valence electrons. The maximum Gasteiger partial charge on any atom is 0.352 e. The van der Waals surface area contributed by atoms with Gasteiger partial charge in [0.1, 0.15) is 22.9 Å². The van der Waals surface area contributed by atoms with Gasteiger partial charge in [-0.05, 0) is 30.2 Å². The molecular weight excluding hydrogens is 457 g/mol. The van der Waals surface area contributed by atoms with Gasteiger partial charge in [-0.3, -0.25) is 4.79 Å². The molecule has 0 aliphatic carbocycles. The molecule has 0 spiro atoms. The molecule has 0 aromatic heterocycles. The number of nitrogens with one attached hydrogen (secondary N) is 2. The van der Waals surface area contributed by atoms with E-state index in [1.807, 2.05) is 0 Å². The Morgan fingerprint density at radius 1 is 1.23 bits per heavy atom. The molecule has 2 rings (SSSR count). The molecule has 0 saturated carbocycles. The molecule has 0 fully saturated rings. The fourth-order valence-corrected chi connectivity index (χ4v) is 3.76. The zero-order valence-corrected chi connectivity index (χ0v) is 18.2. The smallest absolute Gasteiger partial charge is 0.352 e. The lowest BCUT2D eigenvalue weighted by Gasteiger charge is -2.31. The van der Waals surface area contributed by atoms with Gasteiger partial charge in [-0.25, -0.2) is 9.59 Å². The number of carbonyl (C=O) groups is 3. The van der Waals surface area contributed by atoms with Crippen LogP contribution in [0, 0.1) is 0 Å². The van der Waals surface area contributed by atoms with Crippen LogP contribution in [-0.2, 0) is 14.4 Å². The first kappa shape index (κ1) is 27.6. The summed E-state index contributed by atoms with van der Waals surface area (Å²) in [7, 11) is 0. The largest absolute Gasteiger partial charge is 0.508 e. The summed E-state index contributed by atoms with van der Waals surface area (Å²) >= 11 is 1.17. The number of hydrogen-bond donors (Lipinski definition) is 6. The van der Waals surface area contributed by atoms with E-state index in [-0.39, 0.29) is 42.0 Å². The second-order valence-electron chi connectivity index (χ2n) is 5.98. The second-order valence-corrected chi connectivity index (χ2v) is 7.10. The van der Waals surface area contributed by atoms with Crippen molar-refractivity contribution < 1.29 is 29.7 Å². The van der Waals surface area contributed by atoms with E-state index in [4.69, 9.17) is 5.73 Å². The van der Waals surface area contributed by atoms with Gasteiger partial charge in [-0.2, -0.15) is 0 Å². The van der Waals surface area contributed by atoms with Crippen LogP contribution < -0.4 is 16.4 Å². The number of carboxylic acids is 2. The number of allylic oxidation sites excluding steroid dienone is 2. The second kappa shape index (κ2) is 12.3. The first-order valence-electron chi connectivity index (χ1n) is 8.29. The van der Waals surface area contributed by atoms with E-state index in [0.717, 1.165) is 0 Å². The van der Waals surface area contributed by atoms with Crippen LogP contribution in [-0.4, -0.2) is 50.3 Å². The number of carboxylic acid groups (broad SMARTS) is 2. The summed E-state index contributed by atoms with van der Waals surface area (Å²) in [6.07, 6.45) is 3.32. The Hall–Kier alpha value is -2.40. The van der Waals surface area contributed by atoms with Gasteiger partial charge in [-0.1, -0.05) is 24.3 Å². The van der Waals surface area contributed by atoms with Crippen LogP contribution >= 0.6 is 36.6 Å². The van der Waals surface area contributed by atoms with Crippen LogP contribution in [0.4, 0.5) is 0 Å². The zero-order valence-electron chi connectivity index (χ0n) is 15.8. The summed E-state index contributed by atoms with van der Waals surface area (Å²) in [4.78, 5) is 35.6. The lowest BCUT2D eigenvalue weighted by Crippen LogP contribution is -2.56. The topological polar surface area (TPSA) is 162 Å². The van der Waals surface area contributed by atoms with E-state index in [9.17, 15) is 29.7 Å². The fraction of sp³-hybridized carbons (Fsp3) is 0.278. The normalized spacial score (nSPS) is 17.7. The molecule has 0 bridgehead atoms. The van der Waals surface area contributed by atoms with Crippen LogP contribution in [0.2, 0.25) is 0 Å². The first-order chi connectivity index (χ1) is 13.2. The predicted octanol–water partition coefficient (Wildman–Crippen LogP) is 1.38. The van der Waals surface area contributed by atoms with Gasteiger partial charge in [0.2, 0.25) is 5.91 Å². The number of carbonyl (C=O) groups excluding carboxylic acids is 1. The van der Waals surface area contributed by atoms with Crippen molar-refractivity contribution in [2.24, 2.45) is 5.73 Å². The van der Waals surface area contributed by atoms with Crippen LogP contribution in [0.3, 0.4) is 0 Å². The van der Waals surface area contributed by atoms with E-state index in [1.165, 1.54) is 36.0 Å². The maximum absolute atomic E-state index is 12.4. The van der Waals surface area contributed by atoms with Crippen LogP contribution in [0.1, 0.15) is 18.5 Å². The lowest BCUT2D eigenvalue weighted by molar-refractivity contribution is -0.142. The van der Waals surface area contributed by atoms with E-state index in [2.05, 4.69) is 10.6 Å². The molecule has 1 amide bonds. The highest BCUT2D eigenvalue weighted by Crippen LogP contribution is 2.26. The SMILES string of the molecule is C/C=C\C1=C(C(=O)O)N[C@@H]([C@@H](NC(=O)[C@H](N)c2ccc(O)cc2)C(=O)O)SC1.Cl.Cl. The number of amides is 1. The monoisotopic (exact) mass is 479 g/mol. The van der Waals surface area contributed by atoms with E-state index in [1.54, 1.807) is 19.1 Å². The molecule has 0 saturated heterocycles. The number of nitrogens with two attached hydrogens (primary N) is 1. The van der Waals surface area contributed by atoms with Crippen molar-refractivity contribution in [3.8, 4) is 5.75 Å². The fourth-order valence-electron chi connectivity index (χ4n) is 2.58. The van der Waals surface area contributed by atoms with Gasteiger partial charge in [0.25, 0.3) is 0 Å². The maximum atomic E-state index is 12.4. The molecule has 30 heavy (non-hydrogen) atoms. The van der Waals surface area contributed by atoms with Crippen molar-refractivity contribution in [1.82, 2.24) is 10.6 Å². The third kappa shape index (κ3) is 6.84. The van der Waals surface area contributed by atoms with Gasteiger partial charge >= 0.3 is 11.9 Å². The minimum Gasteiger partial charge on any atom is -0.508 e. The Balaban J connectivity index is 0.00000420. The zero-order chi connectivity index (χ0) is 20.8. The highest BCUT2D eigenvalue weighted by Gasteiger charge is 2.36. The number of thioether (sulfide) groups is 1. The quantitative estimate of drug-likeness (QED) is 0.339. The number of benzene rings is 1. The van der Waals surface area contributed by atoms with E-state index in [0.29, 0.717) is 11.1 Å². The minimum absolute atomic E-state index is 0. The number of aromatic hydroxyl groups is 1. The molecular formula is C18H23Cl2N3O6S. The molecule has 1 aromatic carbocycles. The molecule has 7 N–H and O–H groups in total. The molecule has 1 aliphatic rings. The molecule has 9 nitrogen and oxygen atoms in total. The number of aliphatic carboxylic acids is 2. The Labute approximate surface area is 189 Å². The van der Waals surface area contributed by atoms with Crippen molar-refractivity contribution in [2.75, 3.05) is 5.75 Å². The van der Waals surface area contributed by atoms with E-state index < -0.39 is 35.3 Å². The summed E-state index contributed by atoms with van der Waals surface area (Å²) < 4.78 is 0. The van der Waals surface area contributed by atoms with E-state index >= 15 is 0 Å². The van der Waals surface area contributed by atoms with Crippen molar-refractivity contribution in [1.29, 1.82) is 0 Å². The van der Waals surface area contributed by atoms with Gasteiger partial charge in [0, 0.05) is 5.75 Å². The van der Waals surface area contributed by atoms with Gasteiger partial charge in [-0.15, -0.1) is 36.6 Å². The molecule has 3 atom stereocenters. The number of phenols is 1. The lowest BCUT2D eigenvalue weighted by atomic mass is 10.1. The number of halogens is 2. The summed E-state index contributed by atoms with van der Waals surface area (Å²) in [6.45, 7) is 1.74. The van der Waals surface area contributed by atoms with Crippen molar-refractivity contribution >= 4 is 54.4 Å². The summed E-state index contributed by atoms with van der Waals surface area (Å²) in [5.41, 5.74) is 6.69. The molecule has 12 heteroatoms. The molecule has 0 radical (unpaired) electrons. The molecule has 1 aliphatic heterocycles. The number of rotatable bonds is 7. The summed E-state index contributed by atoms with van der Waals surface area (Å²) in [5.74, 6) is -2.99. The van der Waals surface area contributed by atoms with Gasteiger partial charge in [0.15, 0.2) is 6.04 Å². The standard InChI is InChI=1S/C18H21N3O6S.2ClH/c1-2-3-10-8-28-16(21-13(10)17(24)25)14(18(26)27)20-15(23)12(19)9-4-6-11(22)7-5-9;;/h2-7,12,14,16,21-22H,8,19H2,1H3,(H,20,23)(H,24,25)(H,26,27);2*1H/b3-2-;;/t12-,14-,16-;;/m1../s1. The predicted molar refractivity (Wildman–Crippen MR) is 118 cm³/mol. The minimum atomic E-state index is -1.40. The van der Waals surface area contributed by atoms with Crippen molar-refractivity contribution in [3.05, 3.63) is 53.3 Å². The van der Waals surface area contributed by atoms with Crippen LogP contribution in [0.15, 0.2) is 47.7 Å².